The highest BCUT2D eigenvalue weighted by Crippen LogP contribution is 2.24. The molecular formula is C20H24N8OS2. The van der Waals surface area contributed by atoms with Crippen molar-refractivity contribution < 1.29 is 4.79 Å². The Hall–Kier alpha value is -2.79. The first-order chi connectivity index (χ1) is 15.0. The number of aromatic nitrogens is 6. The van der Waals surface area contributed by atoms with E-state index < -0.39 is 0 Å². The molecule has 0 bridgehead atoms. The van der Waals surface area contributed by atoms with Crippen LogP contribution in [0.25, 0.3) is 22.1 Å². The SMILES string of the molecule is CCSc1nc(NCC(C)C)c2cnn(CCNC(=O)c3ccc4nsnc4c3)c2n1. The third-order valence-electron chi connectivity index (χ3n) is 4.55. The summed E-state index contributed by atoms with van der Waals surface area (Å²) in [6.07, 6.45) is 1.78. The Bertz CT molecular complexity index is 1200. The van der Waals surface area contributed by atoms with Gasteiger partial charge in [0.15, 0.2) is 10.8 Å². The zero-order chi connectivity index (χ0) is 21.8. The normalized spacial score (nSPS) is 11.5. The van der Waals surface area contributed by atoms with Gasteiger partial charge in [0.25, 0.3) is 5.91 Å². The molecule has 2 N–H and O–H groups in total. The van der Waals surface area contributed by atoms with Crippen molar-refractivity contribution in [3.63, 3.8) is 0 Å². The Morgan fingerprint density at radius 1 is 1.23 bits per heavy atom. The highest BCUT2D eigenvalue weighted by atomic mass is 32.2. The molecule has 162 valence electrons. The summed E-state index contributed by atoms with van der Waals surface area (Å²) in [7, 11) is 0. The molecule has 1 amide bonds. The lowest BCUT2D eigenvalue weighted by Crippen LogP contribution is -2.27. The molecule has 3 aromatic heterocycles. The van der Waals surface area contributed by atoms with Crippen molar-refractivity contribution in [1.82, 2.24) is 33.8 Å². The van der Waals surface area contributed by atoms with Gasteiger partial charge in [-0.05, 0) is 29.9 Å². The van der Waals surface area contributed by atoms with Crippen LogP contribution in [0.15, 0.2) is 29.6 Å². The molecule has 0 unspecified atom stereocenters. The average molecular weight is 457 g/mol. The molecule has 3 heterocycles. The minimum atomic E-state index is -0.150. The van der Waals surface area contributed by atoms with Crippen LogP contribution in [-0.2, 0) is 6.54 Å². The Morgan fingerprint density at radius 3 is 2.87 bits per heavy atom. The van der Waals surface area contributed by atoms with Crippen LogP contribution in [0.1, 0.15) is 31.1 Å². The summed E-state index contributed by atoms with van der Waals surface area (Å²) in [6.45, 7) is 8.14. The lowest BCUT2D eigenvalue weighted by Gasteiger charge is -2.11. The van der Waals surface area contributed by atoms with Gasteiger partial charge in [-0.3, -0.25) is 4.79 Å². The lowest BCUT2D eigenvalue weighted by molar-refractivity contribution is 0.0952. The quantitative estimate of drug-likeness (QED) is 0.291. The number of hydrogen-bond donors (Lipinski definition) is 2. The summed E-state index contributed by atoms with van der Waals surface area (Å²) in [4.78, 5) is 21.9. The molecule has 0 atom stereocenters. The van der Waals surface area contributed by atoms with Crippen molar-refractivity contribution in [1.29, 1.82) is 0 Å². The third kappa shape index (κ3) is 4.93. The van der Waals surface area contributed by atoms with Gasteiger partial charge in [0.2, 0.25) is 0 Å². The molecule has 0 aliphatic carbocycles. The molecule has 0 spiro atoms. The number of amides is 1. The van der Waals surface area contributed by atoms with Crippen molar-refractivity contribution in [2.75, 3.05) is 24.2 Å². The second-order valence-electron chi connectivity index (χ2n) is 7.39. The van der Waals surface area contributed by atoms with Gasteiger partial charge in [-0.25, -0.2) is 14.6 Å². The fourth-order valence-corrected chi connectivity index (χ4v) is 4.11. The van der Waals surface area contributed by atoms with Gasteiger partial charge in [0.05, 0.1) is 29.9 Å². The molecule has 31 heavy (non-hydrogen) atoms. The van der Waals surface area contributed by atoms with Crippen LogP contribution in [0.3, 0.4) is 0 Å². The number of rotatable bonds is 9. The standard InChI is InChI=1S/C20H24N8OS2/c1-4-30-20-24-17(22-10-12(2)3)14-11-23-28(18(14)25-20)8-7-21-19(29)13-5-6-15-16(9-13)27-31-26-15/h5-6,9,11-12H,4,7-8,10H2,1-3H3,(H,21,29)(H,22,24,25). The van der Waals surface area contributed by atoms with E-state index in [1.807, 2.05) is 10.7 Å². The summed E-state index contributed by atoms with van der Waals surface area (Å²) in [5, 5.41) is 12.4. The Balaban J connectivity index is 1.47. The van der Waals surface area contributed by atoms with Crippen LogP contribution >= 0.6 is 23.5 Å². The molecule has 0 saturated heterocycles. The number of carbonyl (C=O) groups excluding carboxylic acids is 1. The van der Waals surface area contributed by atoms with Gasteiger partial charge >= 0.3 is 0 Å². The molecule has 11 heteroatoms. The van der Waals surface area contributed by atoms with Gasteiger partial charge < -0.3 is 10.6 Å². The summed E-state index contributed by atoms with van der Waals surface area (Å²) >= 11 is 2.73. The second kappa shape index (κ2) is 9.56. The minimum absolute atomic E-state index is 0.150. The largest absolute Gasteiger partial charge is 0.369 e. The fraction of sp³-hybridized carbons (Fsp3) is 0.400. The minimum Gasteiger partial charge on any atom is -0.369 e. The van der Waals surface area contributed by atoms with Crippen molar-refractivity contribution in [2.45, 2.75) is 32.5 Å². The summed E-state index contributed by atoms with van der Waals surface area (Å²) in [5.74, 6) is 2.03. The number of hydrogen-bond acceptors (Lipinski definition) is 9. The molecule has 0 saturated carbocycles. The monoisotopic (exact) mass is 456 g/mol. The summed E-state index contributed by atoms with van der Waals surface area (Å²) in [6, 6.07) is 5.33. The zero-order valence-corrected chi connectivity index (χ0v) is 19.3. The molecule has 1 aromatic carbocycles. The maximum absolute atomic E-state index is 12.5. The number of fused-ring (bicyclic) bond motifs is 2. The molecule has 4 aromatic rings. The van der Waals surface area contributed by atoms with Gasteiger partial charge in [0, 0.05) is 18.7 Å². The van der Waals surface area contributed by atoms with Crippen molar-refractivity contribution in [2.24, 2.45) is 5.92 Å². The van der Waals surface area contributed by atoms with E-state index in [9.17, 15) is 4.79 Å². The summed E-state index contributed by atoms with van der Waals surface area (Å²) in [5.41, 5.74) is 2.86. The molecule has 0 aliphatic heterocycles. The molecule has 0 aliphatic rings. The van der Waals surface area contributed by atoms with E-state index in [1.54, 1.807) is 30.1 Å². The summed E-state index contributed by atoms with van der Waals surface area (Å²) < 4.78 is 10.2. The van der Waals surface area contributed by atoms with E-state index in [1.165, 1.54) is 0 Å². The number of nitrogens with one attached hydrogen (secondary N) is 2. The Labute approximate surface area is 188 Å². The highest BCUT2D eigenvalue weighted by molar-refractivity contribution is 7.99. The van der Waals surface area contributed by atoms with Crippen LogP contribution in [0, 0.1) is 5.92 Å². The first kappa shape index (κ1) is 21.4. The van der Waals surface area contributed by atoms with E-state index in [4.69, 9.17) is 0 Å². The van der Waals surface area contributed by atoms with E-state index in [2.05, 4.69) is 55.2 Å². The van der Waals surface area contributed by atoms with Crippen LogP contribution in [0.4, 0.5) is 5.82 Å². The zero-order valence-electron chi connectivity index (χ0n) is 17.6. The predicted octanol–water partition coefficient (Wildman–Crippen LogP) is 3.44. The Morgan fingerprint density at radius 2 is 2.06 bits per heavy atom. The van der Waals surface area contributed by atoms with Gasteiger partial charge in [-0.1, -0.05) is 32.5 Å². The first-order valence-corrected chi connectivity index (χ1v) is 11.9. The number of nitrogens with zero attached hydrogens (tertiary/aromatic N) is 6. The topological polar surface area (TPSA) is 111 Å². The number of anilines is 1. The lowest BCUT2D eigenvalue weighted by atomic mass is 10.2. The van der Waals surface area contributed by atoms with E-state index in [0.29, 0.717) is 24.6 Å². The van der Waals surface area contributed by atoms with Crippen molar-refractivity contribution >= 4 is 57.3 Å². The average Bonchev–Trinajstić information content (AvgIpc) is 3.38. The smallest absolute Gasteiger partial charge is 0.251 e. The van der Waals surface area contributed by atoms with Crippen LogP contribution in [0.5, 0.6) is 0 Å². The predicted molar refractivity (Wildman–Crippen MR) is 125 cm³/mol. The fourth-order valence-electron chi connectivity index (χ4n) is 3.03. The number of thioether (sulfide) groups is 1. The maximum Gasteiger partial charge on any atom is 0.251 e. The van der Waals surface area contributed by atoms with E-state index in [0.717, 1.165) is 57.1 Å². The molecule has 4 rings (SSSR count). The number of carbonyl (C=O) groups is 1. The molecule has 0 radical (unpaired) electrons. The second-order valence-corrected chi connectivity index (χ2v) is 9.15. The maximum atomic E-state index is 12.5. The van der Waals surface area contributed by atoms with E-state index in [-0.39, 0.29) is 5.91 Å². The van der Waals surface area contributed by atoms with Gasteiger partial charge in [-0.15, -0.1) is 0 Å². The molecular weight excluding hydrogens is 432 g/mol. The van der Waals surface area contributed by atoms with Crippen LogP contribution in [0.2, 0.25) is 0 Å². The third-order valence-corrected chi connectivity index (χ3v) is 5.84. The first-order valence-electron chi connectivity index (χ1n) is 10.2. The van der Waals surface area contributed by atoms with Crippen molar-refractivity contribution in [3.05, 3.63) is 30.0 Å². The van der Waals surface area contributed by atoms with Gasteiger partial charge in [0.1, 0.15) is 16.9 Å². The van der Waals surface area contributed by atoms with Crippen LogP contribution in [-0.4, -0.2) is 53.2 Å². The number of benzene rings is 1. The molecule has 0 fully saturated rings. The van der Waals surface area contributed by atoms with Crippen molar-refractivity contribution in [3.8, 4) is 0 Å². The van der Waals surface area contributed by atoms with E-state index >= 15 is 0 Å². The Kier molecular flexibility index (Phi) is 6.62. The molecule has 9 nitrogen and oxygen atoms in total. The van der Waals surface area contributed by atoms with Gasteiger partial charge in [-0.2, -0.15) is 13.8 Å². The van der Waals surface area contributed by atoms with Crippen LogP contribution < -0.4 is 10.6 Å². The highest BCUT2D eigenvalue weighted by Gasteiger charge is 2.14.